The minimum Gasteiger partial charge on any atom is -0.294 e. The molecule has 0 radical (unpaired) electrons. The lowest BCUT2D eigenvalue weighted by Crippen LogP contribution is -1.94. The highest BCUT2D eigenvalue weighted by Gasteiger charge is 2.14. The fourth-order valence-electron chi connectivity index (χ4n) is 3.88. The molecule has 29 heavy (non-hydrogen) atoms. The Morgan fingerprint density at radius 1 is 0.862 bits per heavy atom. The average molecular weight is 375 g/mol. The van der Waals surface area contributed by atoms with Crippen LogP contribution in [0.15, 0.2) is 85.1 Å². The molecular weight excluding hydrogens is 354 g/mol. The van der Waals surface area contributed by atoms with E-state index in [1.54, 1.807) is 0 Å². The number of aryl methyl sites for hydroxylation is 1. The Bertz CT molecular complexity index is 1360. The van der Waals surface area contributed by atoms with Crippen molar-refractivity contribution >= 4 is 28.0 Å². The number of rotatable bonds is 3. The Labute approximate surface area is 170 Å². The van der Waals surface area contributed by atoms with Crippen LogP contribution in [0.3, 0.4) is 0 Å². The van der Waals surface area contributed by atoms with E-state index >= 15 is 0 Å². The average Bonchev–Trinajstić information content (AvgIpc) is 3.10. The molecule has 0 bridgehead atoms. The molecule has 0 saturated carbocycles. The zero-order valence-electron chi connectivity index (χ0n) is 16.5. The smallest absolute Gasteiger partial charge is 0.145 e. The molecule has 0 saturated heterocycles. The number of fused-ring (bicyclic) bond motifs is 3. The summed E-state index contributed by atoms with van der Waals surface area (Å²) in [6.07, 6.45) is 5.94. The standard InChI is InChI=1S/C26H21N3/c1-3-8-23-18(2)12-14-24(28-23)19-13-15-25-22(17-19)21-11-7-16-27-26(21)29(25)20-9-5-4-6-10-20/h3-17H,1-2H3/b8-3-. The monoisotopic (exact) mass is 375 g/mol. The molecule has 2 aromatic carbocycles. The third-order valence-electron chi connectivity index (χ3n) is 5.30. The molecule has 0 aliphatic heterocycles. The predicted octanol–water partition coefficient (Wildman–Crippen LogP) is 6.58. The molecule has 3 aromatic heterocycles. The molecule has 0 spiro atoms. The number of para-hydroxylation sites is 1. The number of hydrogen-bond acceptors (Lipinski definition) is 2. The van der Waals surface area contributed by atoms with Crippen molar-refractivity contribution < 1.29 is 0 Å². The predicted molar refractivity (Wildman–Crippen MR) is 121 cm³/mol. The second-order valence-electron chi connectivity index (χ2n) is 7.18. The van der Waals surface area contributed by atoms with Crippen LogP contribution < -0.4 is 0 Å². The number of aromatic nitrogens is 3. The van der Waals surface area contributed by atoms with E-state index < -0.39 is 0 Å². The highest BCUT2D eigenvalue weighted by Crippen LogP contribution is 2.33. The summed E-state index contributed by atoms with van der Waals surface area (Å²) >= 11 is 0. The van der Waals surface area contributed by atoms with Crippen LogP contribution in [-0.2, 0) is 0 Å². The first-order valence-corrected chi connectivity index (χ1v) is 9.81. The van der Waals surface area contributed by atoms with Gasteiger partial charge in [0.15, 0.2) is 0 Å². The van der Waals surface area contributed by atoms with Crippen LogP contribution in [0.2, 0.25) is 0 Å². The summed E-state index contributed by atoms with van der Waals surface area (Å²) in [5.41, 5.74) is 7.51. The van der Waals surface area contributed by atoms with Crippen molar-refractivity contribution in [2.75, 3.05) is 0 Å². The molecular formula is C26H21N3. The molecule has 5 aromatic rings. The number of hydrogen-bond donors (Lipinski definition) is 0. The summed E-state index contributed by atoms with van der Waals surface area (Å²) < 4.78 is 2.22. The zero-order chi connectivity index (χ0) is 19.8. The summed E-state index contributed by atoms with van der Waals surface area (Å²) in [4.78, 5) is 9.56. The van der Waals surface area contributed by atoms with Gasteiger partial charge in [-0.1, -0.05) is 36.4 Å². The van der Waals surface area contributed by atoms with Crippen molar-refractivity contribution in [2.24, 2.45) is 0 Å². The number of allylic oxidation sites excluding steroid dienone is 1. The summed E-state index contributed by atoms with van der Waals surface area (Å²) in [6.45, 7) is 4.11. The summed E-state index contributed by atoms with van der Waals surface area (Å²) in [6, 6.07) is 25.3. The van der Waals surface area contributed by atoms with Crippen LogP contribution in [-0.4, -0.2) is 14.5 Å². The second kappa shape index (κ2) is 7.02. The fraction of sp³-hybridized carbons (Fsp3) is 0.0769. The van der Waals surface area contributed by atoms with Gasteiger partial charge in [0.25, 0.3) is 0 Å². The molecule has 0 unspecified atom stereocenters. The minimum atomic E-state index is 0.970. The lowest BCUT2D eigenvalue weighted by atomic mass is 10.1. The molecule has 5 rings (SSSR count). The van der Waals surface area contributed by atoms with E-state index in [4.69, 9.17) is 4.98 Å². The van der Waals surface area contributed by atoms with E-state index in [0.29, 0.717) is 0 Å². The van der Waals surface area contributed by atoms with Gasteiger partial charge >= 0.3 is 0 Å². The van der Waals surface area contributed by atoms with Gasteiger partial charge < -0.3 is 0 Å². The molecule has 3 nitrogen and oxygen atoms in total. The van der Waals surface area contributed by atoms with Crippen molar-refractivity contribution in [2.45, 2.75) is 13.8 Å². The van der Waals surface area contributed by atoms with Crippen LogP contribution in [0.5, 0.6) is 0 Å². The normalized spacial score (nSPS) is 11.7. The summed E-state index contributed by atoms with van der Waals surface area (Å²) in [5, 5.41) is 2.33. The van der Waals surface area contributed by atoms with Gasteiger partial charge in [0, 0.05) is 28.2 Å². The van der Waals surface area contributed by atoms with Gasteiger partial charge in [0.05, 0.1) is 16.9 Å². The van der Waals surface area contributed by atoms with Gasteiger partial charge in [-0.3, -0.25) is 4.57 Å². The van der Waals surface area contributed by atoms with Crippen LogP contribution >= 0.6 is 0 Å². The number of benzene rings is 2. The molecule has 140 valence electrons. The summed E-state index contributed by atoms with van der Waals surface area (Å²) in [5.74, 6) is 0. The maximum Gasteiger partial charge on any atom is 0.145 e. The van der Waals surface area contributed by atoms with E-state index in [2.05, 4.69) is 83.2 Å². The summed E-state index contributed by atoms with van der Waals surface area (Å²) in [7, 11) is 0. The Hall–Kier alpha value is -3.72. The zero-order valence-corrected chi connectivity index (χ0v) is 16.5. The van der Waals surface area contributed by atoms with Crippen molar-refractivity contribution in [3.63, 3.8) is 0 Å². The lowest BCUT2D eigenvalue weighted by molar-refractivity contribution is 1.14. The van der Waals surface area contributed by atoms with Gasteiger partial charge in [0.1, 0.15) is 5.65 Å². The van der Waals surface area contributed by atoms with Crippen molar-refractivity contribution in [1.29, 1.82) is 0 Å². The van der Waals surface area contributed by atoms with Crippen molar-refractivity contribution in [3.8, 4) is 16.9 Å². The van der Waals surface area contributed by atoms with Gasteiger partial charge in [-0.15, -0.1) is 0 Å². The van der Waals surface area contributed by atoms with E-state index in [-0.39, 0.29) is 0 Å². The molecule has 0 atom stereocenters. The van der Waals surface area contributed by atoms with Crippen molar-refractivity contribution in [3.05, 3.63) is 96.3 Å². The van der Waals surface area contributed by atoms with Gasteiger partial charge in [0.2, 0.25) is 0 Å². The van der Waals surface area contributed by atoms with Gasteiger partial charge in [-0.05, 0) is 68.0 Å². The Morgan fingerprint density at radius 3 is 2.55 bits per heavy atom. The van der Waals surface area contributed by atoms with Crippen LogP contribution in [0.4, 0.5) is 0 Å². The highest BCUT2D eigenvalue weighted by atomic mass is 15.0. The number of nitrogens with zero attached hydrogens (tertiary/aromatic N) is 3. The van der Waals surface area contributed by atoms with Crippen LogP contribution in [0.25, 0.3) is 45.0 Å². The van der Waals surface area contributed by atoms with Gasteiger partial charge in [-0.2, -0.15) is 0 Å². The maximum absolute atomic E-state index is 4.87. The topological polar surface area (TPSA) is 30.7 Å². The van der Waals surface area contributed by atoms with Crippen LogP contribution in [0.1, 0.15) is 18.2 Å². The van der Waals surface area contributed by atoms with E-state index in [0.717, 1.165) is 39.2 Å². The third-order valence-corrected chi connectivity index (χ3v) is 5.30. The van der Waals surface area contributed by atoms with Gasteiger partial charge in [-0.25, -0.2) is 9.97 Å². The fourth-order valence-corrected chi connectivity index (χ4v) is 3.88. The number of pyridine rings is 2. The Kier molecular flexibility index (Phi) is 4.21. The van der Waals surface area contributed by atoms with E-state index in [1.165, 1.54) is 10.9 Å². The molecule has 3 heterocycles. The van der Waals surface area contributed by atoms with E-state index in [1.807, 2.05) is 31.3 Å². The first-order chi connectivity index (χ1) is 14.3. The SMILES string of the molecule is C/C=C\c1nc(-c2ccc3c(c2)c2cccnc2n3-c2ccccc2)ccc1C. The first kappa shape index (κ1) is 17.4. The quantitative estimate of drug-likeness (QED) is 0.356. The van der Waals surface area contributed by atoms with E-state index in [9.17, 15) is 0 Å². The van der Waals surface area contributed by atoms with Crippen molar-refractivity contribution in [1.82, 2.24) is 14.5 Å². The highest BCUT2D eigenvalue weighted by molar-refractivity contribution is 6.09. The molecule has 0 fully saturated rings. The maximum atomic E-state index is 4.87. The third kappa shape index (κ3) is 2.92. The minimum absolute atomic E-state index is 0.970. The van der Waals surface area contributed by atoms with Crippen LogP contribution in [0, 0.1) is 6.92 Å². The molecule has 0 aliphatic carbocycles. The molecule has 0 N–H and O–H groups in total. The molecule has 0 amide bonds. The molecule has 0 aliphatic rings. The second-order valence-corrected chi connectivity index (χ2v) is 7.18. The Morgan fingerprint density at radius 2 is 1.72 bits per heavy atom. The Balaban J connectivity index is 1.77. The lowest BCUT2D eigenvalue weighted by Gasteiger charge is -2.08. The molecule has 3 heteroatoms. The largest absolute Gasteiger partial charge is 0.294 e. The first-order valence-electron chi connectivity index (χ1n) is 9.81.